The molecule has 0 saturated carbocycles. The molecule has 116 valence electrons. The van der Waals surface area contributed by atoms with E-state index in [9.17, 15) is 10.0 Å². The van der Waals surface area contributed by atoms with E-state index in [0.717, 1.165) is 38.3 Å². The van der Waals surface area contributed by atoms with Gasteiger partial charge < -0.3 is 14.8 Å². The molecule has 1 aliphatic heterocycles. The van der Waals surface area contributed by atoms with Crippen molar-refractivity contribution in [3.8, 4) is 5.75 Å². The molecule has 0 aliphatic carbocycles. The summed E-state index contributed by atoms with van der Waals surface area (Å²) in [5.74, 6) is 0.512. The van der Waals surface area contributed by atoms with Gasteiger partial charge in [0.15, 0.2) is 0 Å². The third-order valence-electron chi connectivity index (χ3n) is 4.12. The molecule has 1 heterocycles. The van der Waals surface area contributed by atoms with Crippen LogP contribution in [0.25, 0.3) is 0 Å². The minimum Gasteiger partial charge on any atom is -0.497 e. The van der Waals surface area contributed by atoms with Crippen LogP contribution in [0.1, 0.15) is 19.4 Å². The zero-order chi connectivity index (χ0) is 15.4. The SMILES string of the molecule is COc1ccc(CN2CCN(C(C)C)CC2)cc1B(O)O. The maximum atomic E-state index is 9.42. The number of ether oxygens (including phenoxy) is 1. The summed E-state index contributed by atoms with van der Waals surface area (Å²) in [5, 5.41) is 18.8. The quantitative estimate of drug-likeness (QED) is 0.742. The van der Waals surface area contributed by atoms with Crippen LogP contribution in [-0.4, -0.2) is 66.3 Å². The minimum atomic E-state index is -1.50. The van der Waals surface area contributed by atoms with Crippen LogP contribution in [0.4, 0.5) is 0 Å². The monoisotopic (exact) mass is 292 g/mol. The number of nitrogens with zero attached hydrogens (tertiary/aromatic N) is 2. The van der Waals surface area contributed by atoms with E-state index in [2.05, 4.69) is 23.6 Å². The first-order valence-corrected chi connectivity index (χ1v) is 7.50. The summed E-state index contributed by atoms with van der Waals surface area (Å²) in [5.41, 5.74) is 1.51. The van der Waals surface area contributed by atoms with Gasteiger partial charge in [-0.1, -0.05) is 12.1 Å². The fourth-order valence-corrected chi connectivity index (χ4v) is 2.78. The van der Waals surface area contributed by atoms with Crippen molar-refractivity contribution in [1.82, 2.24) is 9.80 Å². The van der Waals surface area contributed by atoms with Crippen LogP contribution in [0.2, 0.25) is 0 Å². The van der Waals surface area contributed by atoms with E-state index < -0.39 is 7.12 Å². The number of hydrogen-bond acceptors (Lipinski definition) is 5. The second kappa shape index (κ2) is 7.27. The molecule has 1 aromatic carbocycles. The van der Waals surface area contributed by atoms with Gasteiger partial charge in [-0.3, -0.25) is 9.80 Å². The Morgan fingerprint density at radius 3 is 2.38 bits per heavy atom. The fourth-order valence-electron chi connectivity index (χ4n) is 2.78. The van der Waals surface area contributed by atoms with Crippen molar-refractivity contribution in [3.63, 3.8) is 0 Å². The summed E-state index contributed by atoms with van der Waals surface area (Å²) in [6.45, 7) is 9.55. The van der Waals surface area contributed by atoms with Crippen LogP contribution in [0, 0.1) is 0 Å². The molecule has 5 nitrogen and oxygen atoms in total. The van der Waals surface area contributed by atoms with E-state index in [4.69, 9.17) is 4.74 Å². The Hall–Kier alpha value is -1.08. The normalized spacial score (nSPS) is 17.2. The van der Waals surface area contributed by atoms with E-state index in [1.807, 2.05) is 12.1 Å². The third kappa shape index (κ3) is 4.20. The lowest BCUT2D eigenvalue weighted by molar-refractivity contribution is 0.104. The predicted molar refractivity (Wildman–Crippen MR) is 84.8 cm³/mol. The van der Waals surface area contributed by atoms with Gasteiger partial charge in [0.1, 0.15) is 5.75 Å². The number of rotatable bonds is 5. The maximum Gasteiger partial charge on any atom is 0.492 e. The summed E-state index contributed by atoms with van der Waals surface area (Å²) < 4.78 is 5.15. The first kappa shape index (κ1) is 16.3. The van der Waals surface area contributed by atoms with Crippen LogP contribution in [0.3, 0.4) is 0 Å². The summed E-state index contributed by atoms with van der Waals surface area (Å²) in [7, 11) is 0.0316. The minimum absolute atomic E-state index is 0.427. The van der Waals surface area contributed by atoms with Crippen molar-refractivity contribution in [2.45, 2.75) is 26.4 Å². The maximum absolute atomic E-state index is 9.42. The van der Waals surface area contributed by atoms with Gasteiger partial charge in [-0.15, -0.1) is 0 Å². The zero-order valence-corrected chi connectivity index (χ0v) is 13.1. The van der Waals surface area contributed by atoms with Crippen molar-refractivity contribution in [2.24, 2.45) is 0 Å². The van der Waals surface area contributed by atoms with Crippen LogP contribution >= 0.6 is 0 Å². The smallest absolute Gasteiger partial charge is 0.492 e. The number of hydrogen-bond donors (Lipinski definition) is 2. The Morgan fingerprint density at radius 2 is 1.86 bits per heavy atom. The lowest BCUT2D eigenvalue weighted by Gasteiger charge is -2.37. The highest BCUT2D eigenvalue weighted by molar-refractivity contribution is 6.59. The fraction of sp³-hybridized carbons (Fsp3) is 0.600. The summed E-state index contributed by atoms with van der Waals surface area (Å²) in [4.78, 5) is 4.88. The van der Waals surface area contributed by atoms with Crippen LogP contribution < -0.4 is 10.2 Å². The molecule has 1 fully saturated rings. The summed E-state index contributed by atoms with van der Waals surface area (Å²) in [6.07, 6.45) is 0. The standard InChI is InChI=1S/C15H25BN2O3/c1-12(2)18-8-6-17(7-9-18)11-13-4-5-15(21-3)14(10-13)16(19)20/h4-5,10,12,19-20H,6-9,11H2,1-3H3. The average molecular weight is 292 g/mol. The average Bonchev–Trinajstić information content (AvgIpc) is 2.47. The van der Waals surface area contributed by atoms with E-state index in [1.165, 1.54) is 7.11 Å². The van der Waals surface area contributed by atoms with Crippen molar-refractivity contribution in [2.75, 3.05) is 33.3 Å². The number of piperazine rings is 1. The highest BCUT2D eigenvalue weighted by atomic mass is 16.5. The second-order valence-electron chi connectivity index (χ2n) is 5.86. The third-order valence-corrected chi connectivity index (χ3v) is 4.12. The molecule has 6 heteroatoms. The van der Waals surface area contributed by atoms with Crippen LogP contribution in [0.15, 0.2) is 18.2 Å². The van der Waals surface area contributed by atoms with Gasteiger partial charge in [0.05, 0.1) is 7.11 Å². The predicted octanol–water partition coefficient (Wildman–Crippen LogP) is -0.0990. The van der Waals surface area contributed by atoms with Crippen LogP contribution in [-0.2, 0) is 6.54 Å². The Labute approximate surface area is 127 Å². The van der Waals surface area contributed by atoms with Gasteiger partial charge in [-0.2, -0.15) is 0 Å². The second-order valence-corrected chi connectivity index (χ2v) is 5.86. The first-order chi connectivity index (χ1) is 10.0. The number of methoxy groups -OCH3 is 1. The Balaban J connectivity index is 1.99. The van der Waals surface area contributed by atoms with E-state index in [-0.39, 0.29) is 0 Å². The molecule has 0 radical (unpaired) electrons. The molecule has 21 heavy (non-hydrogen) atoms. The highest BCUT2D eigenvalue weighted by Gasteiger charge is 2.21. The van der Waals surface area contributed by atoms with Gasteiger partial charge in [-0.05, 0) is 25.5 Å². The molecule has 0 aromatic heterocycles. The molecule has 1 aromatic rings. The van der Waals surface area contributed by atoms with Crippen molar-refractivity contribution in [3.05, 3.63) is 23.8 Å². The van der Waals surface area contributed by atoms with Gasteiger partial charge in [-0.25, -0.2) is 0 Å². The molecule has 0 bridgehead atoms. The molecular weight excluding hydrogens is 267 g/mol. The molecule has 1 aliphatic rings. The van der Waals surface area contributed by atoms with E-state index >= 15 is 0 Å². The Kier molecular flexibility index (Phi) is 5.64. The van der Waals surface area contributed by atoms with E-state index in [0.29, 0.717) is 17.3 Å². The lowest BCUT2D eigenvalue weighted by atomic mass is 9.78. The Morgan fingerprint density at radius 1 is 1.19 bits per heavy atom. The highest BCUT2D eigenvalue weighted by Crippen LogP contribution is 2.14. The molecule has 0 unspecified atom stereocenters. The lowest BCUT2D eigenvalue weighted by Crippen LogP contribution is -2.48. The van der Waals surface area contributed by atoms with E-state index in [1.54, 1.807) is 6.07 Å². The topological polar surface area (TPSA) is 56.2 Å². The summed E-state index contributed by atoms with van der Waals surface area (Å²) >= 11 is 0. The van der Waals surface area contributed by atoms with Crippen molar-refractivity contribution in [1.29, 1.82) is 0 Å². The molecule has 2 rings (SSSR count). The first-order valence-electron chi connectivity index (χ1n) is 7.50. The number of benzene rings is 1. The van der Waals surface area contributed by atoms with Crippen LogP contribution in [0.5, 0.6) is 5.75 Å². The molecule has 1 saturated heterocycles. The van der Waals surface area contributed by atoms with Crippen molar-refractivity contribution >= 4 is 12.6 Å². The van der Waals surface area contributed by atoms with Gasteiger partial charge in [0, 0.05) is 44.2 Å². The zero-order valence-electron chi connectivity index (χ0n) is 13.1. The molecule has 0 atom stereocenters. The molecule has 0 spiro atoms. The molecule has 2 N–H and O–H groups in total. The molecule has 0 amide bonds. The Bertz CT molecular complexity index is 460. The van der Waals surface area contributed by atoms with Crippen molar-refractivity contribution < 1.29 is 14.8 Å². The van der Waals surface area contributed by atoms with Gasteiger partial charge >= 0.3 is 7.12 Å². The molecular formula is C15H25BN2O3. The largest absolute Gasteiger partial charge is 0.497 e. The van der Waals surface area contributed by atoms with Gasteiger partial charge in [0.2, 0.25) is 0 Å². The van der Waals surface area contributed by atoms with Gasteiger partial charge in [0.25, 0.3) is 0 Å². The summed E-state index contributed by atoms with van der Waals surface area (Å²) in [6, 6.07) is 6.20.